The number of halogens is 3. The summed E-state index contributed by atoms with van der Waals surface area (Å²) in [5.74, 6) is -3.21. The third-order valence-corrected chi connectivity index (χ3v) is 6.17. The van der Waals surface area contributed by atoms with Crippen molar-refractivity contribution in [1.82, 2.24) is 0 Å². The lowest BCUT2D eigenvalue weighted by Crippen LogP contribution is -2.20. The zero-order valence-electron chi connectivity index (χ0n) is 18.7. The number of benzene rings is 2. The van der Waals surface area contributed by atoms with Gasteiger partial charge in [-0.3, -0.25) is 0 Å². The third-order valence-electron chi connectivity index (χ3n) is 6.17. The van der Waals surface area contributed by atoms with Gasteiger partial charge in [-0.25, -0.2) is 18.0 Å². The molecule has 2 aromatic carbocycles. The molecule has 2 aromatic rings. The lowest BCUT2D eigenvalue weighted by atomic mass is 9.80. The Morgan fingerprint density at radius 2 is 1.61 bits per heavy atom. The van der Waals surface area contributed by atoms with Crippen LogP contribution >= 0.6 is 0 Å². The van der Waals surface area contributed by atoms with E-state index < -0.39 is 34.7 Å². The summed E-state index contributed by atoms with van der Waals surface area (Å²) in [5.41, 5.74) is -1.17. The van der Waals surface area contributed by atoms with Gasteiger partial charge < -0.3 is 9.47 Å². The van der Waals surface area contributed by atoms with Gasteiger partial charge in [-0.1, -0.05) is 45.4 Å². The van der Waals surface area contributed by atoms with Gasteiger partial charge in [-0.05, 0) is 36.8 Å². The van der Waals surface area contributed by atoms with Crippen molar-refractivity contribution >= 4 is 5.97 Å². The van der Waals surface area contributed by atoms with Crippen LogP contribution in [0.25, 0.3) is 0 Å². The number of hydrogen-bond donors (Lipinski definition) is 0. The van der Waals surface area contributed by atoms with Crippen LogP contribution in [-0.2, 0) is 0 Å². The van der Waals surface area contributed by atoms with Crippen LogP contribution in [0.5, 0.6) is 11.5 Å². The van der Waals surface area contributed by atoms with Crippen molar-refractivity contribution in [2.45, 2.75) is 58.3 Å². The van der Waals surface area contributed by atoms with Crippen molar-refractivity contribution in [2.24, 2.45) is 11.8 Å². The molecule has 33 heavy (non-hydrogen) atoms. The fourth-order valence-corrected chi connectivity index (χ4v) is 4.21. The molecule has 176 valence electrons. The molecule has 0 heterocycles. The molecule has 0 unspecified atom stereocenters. The van der Waals surface area contributed by atoms with Crippen molar-refractivity contribution in [2.75, 3.05) is 6.61 Å². The summed E-state index contributed by atoms with van der Waals surface area (Å²) in [6.07, 6.45) is 9.73. The van der Waals surface area contributed by atoms with Crippen LogP contribution in [0.4, 0.5) is 13.2 Å². The van der Waals surface area contributed by atoms with E-state index in [1.807, 2.05) is 0 Å². The van der Waals surface area contributed by atoms with Crippen LogP contribution in [0, 0.1) is 40.6 Å². The maximum atomic E-state index is 14.5. The molecule has 0 atom stereocenters. The Balaban J connectivity index is 1.52. The van der Waals surface area contributed by atoms with E-state index in [1.165, 1.54) is 56.7 Å². The van der Waals surface area contributed by atoms with Crippen LogP contribution in [-0.4, -0.2) is 12.6 Å². The Kier molecular flexibility index (Phi) is 8.76. The molecule has 0 bridgehead atoms. The molecule has 0 spiro atoms. The van der Waals surface area contributed by atoms with Crippen LogP contribution in [0.1, 0.15) is 74.2 Å². The minimum absolute atomic E-state index is 0.310. The van der Waals surface area contributed by atoms with Gasteiger partial charge >= 0.3 is 5.97 Å². The van der Waals surface area contributed by atoms with E-state index in [1.54, 1.807) is 0 Å². The summed E-state index contributed by atoms with van der Waals surface area (Å²) in [6.45, 7) is 2.71. The van der Waals surface area contributed by atoms with E-state index in [2.05, 4.69) is 6.92 Å². The van der Waals surface area contributed by atoms with Crippen LogP contribution in [0.3, 0.4) is 0 Å². The van der Waals surface area contributed by atoms with Crippen molar-refractivity contribution < 1.29 is 27.4 Å². The van der Waals surface area contributed by atoms with Gasteiger partial charge in [0.1, 0.15) is 40.6 Å². The van der Waals surface area contributed by atoms with Gasteiger partial charge in [0, 0.05) is 18.2 Å². The number of esters is 1. The normalized spacial score (nSPS) is 17.9. The lowest BCUT2D eigenvalue weighted by molar-refractivity contribution is 0.0729. The third kappa shape index (κ3) is 6.74. The summed E-state index contributed by atoms with van der Waals surface area (Å²) in [7, 11) is 0. The molecular formula is C26H28F3NO3. The van der Waals surface area contributed by atoms with E-state index in [-0.39, 0.29) is 5.56 Å². The number of carbonyl (C=O) groups is 1. The topological polar surface area (TPSA) is 59.3 Å². The fourth-order valence-electron chi connectivity index (χ4n) is 4.21. The first-order valence-electron chi connectivity index (χ1n) is 11.4. The molecule has 0 aromatic heterocycles. The predicted octanol–water partition coefficient (Wildman–Crippen LogP) is 6.96. The molecule has 0 amide bonds. The fraction of sp³-hybridized carbons (Fsp3) is 0.462. The number of rotatable bonds is 9. The Morgan fingerprint density at radius 3 is 2.21 bits per heavy atom. The van der Waals surface area contributed by atoms with Gasteiger partial charge in [0.05, 0.1) is 12.2 Å². The number of nitrogens with zero attached hydrogens (tertiary/aromatic N) is 1. The molecule has 7 heteroatoms. The minimum atomic E-state index is -1.17. The second kappa shape index (κ2) is 11.7. The minimum Gasteiger partial charge on any atom is -0.493 e. The molecule has 4 nitrogen and oxygen atoms in total. The van der Waals surface area contributed by atoms with Crippen molar-refractivity contribution in [3.63, 3.8) is 0 Å². The quantitative estimate of drug-likeness (QED) is 0.231. The van der Waals surface area contributed by atoms with Gasteiger partial charge in [-0.2, -0.15) is 5.26 Å². The molecule has 1 fully saturated rings. The highest BCUT2D eigenvalue weighted by Gasteiger charge is 2.22. The number of carbonyl (C=O) groups excluding carboxylic acids is 1. The first kappa shape index (κ1) is 24.6. The Labute approximate surface area is 192 Å². The zero-order chi connectivity index (χ0) is 23.8. The molecule has 3 rings (SSSR count). The standard InChI is InChI=1S/C26H28F3NO3/c1-2-3-4-5-17-6-8-18(9-7-17)16-32-19-10-11-21(23(27)12-19)26(31)33-20-13-24(28)22(15-30)25(29)14-20/h10-14,17-18H,2-9,16H2,1H3/t17-,18-. The lowest BCUT2D eigenvalue weighted by Gasteiger charge is -2.28. The van der Waals surface area contributed by atoms with E-state index >= 15 is 0 Å². The molecule has 0 aliphatic heterocycles. The first-order valence-corrected chi connectivity index (χ1v) is 11.4. The summed E-state index contributed by atoms with van der Waals surface area (Å²) >= 11 is 0. The molecule has 1 aliphatic rings. The summed E-state index contributed by atoms with van der Waals surface area (Å²) in [6, 6.07) is 6.57. The van der Waals surface area contributed by atoms with E-state index in [0.29, 0.717) is 30.4 Å². The average Bonchev–Trinajstić information content (AvgIpc) is 2.78. The van der Waals surface area contributed by atoms with Crippen molar-refractivity contribution in [1.29, 1.82) is 5.26 Å². The number of hydrogen-bond acceptors (Lipinski definition) is 4. The highest BCUT2D eigenvalue weighted by Crippen LogP contribution is 2.32. The maximum absolute atomic E-state index is 14.5. The second-order valence-electron chi connectivity index (χ2n) is 8.60. The van der Waals surface area contributed by atoms with Gasteiger partial charge in [-0.15, -0.1) is 0 Å². The maximum Gasteiger partial charge on any atom is 0.346 e. The van der Waals surface area contributed by atoms with Gasteiger partial charge in [0.15, 0.2) is 0 Å². The SMILES string of the molecule is CCCCC[C@H]1CC[C@H](COc2ccc(C(=O)Oc3cc(F)c(C#N)c(F)c3)c(F)c2)CC1. The summed E-state index contributed by atoms with van der Waals surface area (Å²) in [5, 5.41) is 8.69. The Bertz CT molecular complexity index is 987. The van der Waals surface area contributed by atoms with Gasteiger partial charge in [0.2, 0.25) is 0 Å². The molecule has 0 saturated heterocycles. The Morgan fingerprint density at radius 1 is 0.970 bits per heavy atom. The Hall–Kier alpha value is -3.01. The summed E-state index contributed by atoms with van der Waals surface area (Å²) in [4.78, 5) is 12.2. The second-order valence-corrected chi connectivity index (χ2v) is 8.60. The van der Waals surface area contributed by atoms with Crippen molar-refractivity contribution in [3.05, 3.63) is 58.9 Å². The number of nitriles is 1. The molecule has 1 saturated carbocycles. The molecule has 1 aliphatic carbocycles. The van der Waals surface area contributed by atoms with Gasteiger partial charge in [0.25, 0.3) is 0 Å². The smallest absolute Gasteiger partial charge is 0.346 e. The largest absolute Gasteiger partial charge is 0.493 e. The van der Waals surface area contributed by atoms with E-state index in [0.717, 1.165) is 24.8 Å². The monoisotopic (exact) mass is 459 g/mol. The molecular weight excluding hydrogens is 431 g/mol. The molecule has 0 N–H and O–H groups in total. The summed E-state index contributed by atoms with van der Waals surface area (Å²) < 4.78 is 52.5. The number of unbranched alkanes of at least 4 members (excludes halogenated alkanes) is 2. The predicted molar refractivity (Wildman–Crippen MR) is 118 cm³/mol. The van der Waals surface area contributed by atoms with Crippen LogP contribution in [0.2, 0.25) is 0 Å². The van der Waals surface area contributed by atoms with E-state index in [9.17, 15) is 18.0 Å². The molecule has 0 radical (unpaired) electrons. The van der Waals surface area contributed by atoms with Crippen LogP contribution < -0.4 is 9.47 Å². The highest BCUT2D eigenvalue weighted by molar-refractivity contribution is 5.91. The van der Waals surface area contributed by atoms with E-state index in [4.69, 9.17) is 14.7 Å². The van der Waals surface area contributed by atoms with Crippen molar-refractivity contribution in [3.8, 4) is 17.6 Å². The first-order chi connectivity index (χ1) is 15.9. The average molecular weight is 460 g/mol. The van der Waals surface area contributed by atoms with Crippen LogP contribution in [0.15, 0.2) is 30.3 Å². The highest BCUT2D eigenvalue weighted by atomic mass is 19.1. The zero-order valence-corrected chi connectivity index (χ0v) is 18.7. The number of ether oxygens (including phenoxy) is 2.